The Hall–Kier alpha value is -1.97. The highest BCUT2D eigenvalue weighted by molar-refractivity contribution is 5.91. The quantitative estimate of drug-likeness (QED) is 0.380. The molecule has 4 nitrogen and oxygen atoms in total. The molecule has 0 bridgehead atoms. The average molecular weight is 494 g/mol. The van der Waals surface area contributed by atoms with Crippen LogP contribution in [0.5, 0.6) is 11.5 Å². The standard InChI is InChI=1S/C32H47NO3/c1-6-33(7-2)24-9-13-29(30(20-24)35-5)36-17-15-23-8-12-28-31-21(3)18-22-19-25(34)10-11-26(22)27(31)14-16-32(23,28)4/h9,13,19-21,23,26-28,31H,6-8,10-12,14-18H2,1-5H3/t21-,23?,26?,27?,28?,31?,32?/m1/s1. The summed E-state index contributed by atoms with van der Waals surface area (Å²) in [6.45, 7) is 12.2. The second-order valence-electron chi connectivity index (χ2n) is 12.3. The van der Waals surface area contributed by atoms with E-state index in [0.717, 1.165) is 80.6 Å². The van der Waals surface area contributed by atoms with Crippen molar-refractivity contribution in [3.05, 3.63) is 29.8 Å². The monoisotopic (exact) mass is 493 g/mol. The van der Waals surface area contributed by atoms with Gasteiger partial charge in [-0.25, -0.2) is 0 Å². The fourth-order valence-electron chi connectivity index (χ4n) is 9.04. The van der Waals surface area contributed by atoms with Crippen LogP contribution in [0.25, 0.3) is 0 Å². The van der Waals surface area contributed by atoms with Gasteiger partial charge >= 0.3 is 0 Å². The summed E-state index contributed by atoms with van der Waals surface area (Å²) in [4.78, 5) is 14.4. The molecular weight excluding hydrogens is 446 g/mol. The van der Waals surface area contributed by atoms with Crippen molar-refractivity contribution in [2.24, 2.45) is 40.9 Å². The van der Waals surface area contributed by atoms with E-state index in [-0.39, 0.29) is 0 Å². The first-order chi connectivity index (χ1) is 17.4. The first kappa shape index (κ1) is 25.7. The summed E-state index contributed by atoms with van der Waals surface area (Å²) in [5.41, 5.74) is 3.11. The molecule has 0 radical (unpaired) electrons. The molecule has 3 fully saturated rings. The summed E-state index contributed by atoms with van der Waals surface area (Å²) >= 11 is 0. The maximum absolute atomic E-state index is 12.1. The summed E-state index contributed by atoms with van der Waals surface area (Å²) in [7, 11) is 1.74. The number of methoxy groups -OCH3 is 1. The maximum Gasteiger partial charge on any atom is 0.162 e. The average Bonchev–Trinajstić information content (AvgIpc) is 3.21. The molecule has 198 valence electrons. The van der Waals surface area contributed by atoms with Crippen LogP contribution in [0.15, 0.2) is 29.8 Å². The smallest absolute Gasteiger partial charge is 0.162 e. The number of ether oxygens (including phenoxy) is 2. The second kappa shape index (κ2) is 10.4. The largest absolute Gasteiger partial charge is 0.493 e. The fraction of sp³-hybridized carbons (Fsp3) is 0.719. The Labute approximate surface area is 218 Å². The molecule has 3 saturated carbocycles. The number of ketones is 1. The van der Waals surface area contributed by atoms with Crippen molar-refractivity contribution in [2.45, 2.75) is 79.1 Å². The number of carbonyl (C=O) groups excluding carboxylic acids is 1. The molecule has 0 saturated heterocycles. The summed E-state index contributed by atoms with van der Waals surface area (Å²) in [5.74, 6) is 6.66. The van der Waals surface area contributed by atoms with Gasteiger partial charge in [0, 0.05) is 31.3 Å². The molecule has 0 aliphatic heterocycles. The van der Waals surface area contributed by atoms with Gasteiger partial charge in [-0.1, -0.05) is 19.4 Å². The number of carbonyl (C=O) groups is 1. The topological polar surface area (TPSA) is 38.8 Å². The van der Waals surface area contributed by atoms with E-state index in [9.17, 15) is 4.79 Å². The van der Waals surface area contributed by atoms with Gasteiger partial charge in [0.15, 0.2) is 17.3 Å². The minimum Gasteiger partial charge on any atom is -0.493 e. The van der Waals surface area contributed by atoms with Gasteiger partial charge in [0.2, 0.25) is 0 Å². The predicted molar refractivity (Wildman–Crippen MR) is 147 cm³/mol. The Balaban J connectivity index is 1.24. The fourth-order valence-corrected chi connectivity index (χ4v) is 9.04. The lowest BCUT2D eigenvalue weighted by atomic mass is 9.49. The second-order valence-corrected chi connectivity index (χ2v) is 12.3. The Morgan fingerprint density at radius 2 is 1.89 bits per heavy atom. The molecule has 36 heavy (non-hydrogen) atoms. The van der Waals surface area contributed by atoms with Crippen molar-refractivity contribution in [1.29, 1.82) is 0 Å². The van der Waals surface area contributed by atoms with Gasteiger partial charge in [0.05, 0.1) is 13.7 Å². The first-order valence-corrected chi connectivity index (χ1v) is 14.7. The zero-order valence-electron chi connectivity index (χ0n) is 23.2. The van der Waals surface area contributed by atoms with E-state index >= 15 is 0 Å². The Morgan fingerprint density at radius 3 is 2.64 bits per heavy atom. The molecule has 1 aromatic carbocycles. The molecule has 0 amide bonds. The van der Waals surface area contributed by atoms with Gasteiger partial charge in [-0.2, -0.15) is 0 Å². The number of allylic oxidation sites excluding steroid dienone is 1. The third-order valence-corrected chi connectivity index (χ3v) is 10.8. The Morgan fingerprint density at radius 1 is 1.08 bits per heavy atom. The van der Waals surface area contributed by atoms with E-state index in [0.29, 0.717) is 23.0 Å². The van der Waals surface area contributed by atoms with Crippen molar-refractivity contribution in [2.75, 3.05) is 31.7 Å². The molecule has 0 spiro atoms. The number of fused-ring (bicyclic) bond motifs is 5. The van der Waals surface area contributed by atoms with Crippen molar-refractivity contribution >= 4 is 11.5 Å². The van der Waals surface area contributed by atoms with Gasteiger partial charge in [-0.05, 0) is 118 Å². The lowest BCUT2D eigenvalue weighted by molar-refractivity contribution is -0.116. The van der Waals surface area contributed by atoms with E-state index < -0.39 is 0 Å². The van der Waals surface area contributed by atoms with Gasteiger partial charge < -0.3 is 14.4 Å². The number of anilines is 1. The number of benzene rings is 1. The highest BCUT2D eigenvalue weighted by atomic mass is 16.5. The molecule has 4 aliphatic carbocycles. The Bertz CT molecular complexity index is 982. The molecular formula is C32H47NO3. The van der Waals surface area contributed by atoms with Crippen LogP contribution in [0.4, 0.5) is 5.69 Å². The molecule has 5 rings (SSSR count). The number of hydrogen-bond acceptors (Lipinski definition) is 4. The van der Waals surface area contributed by atoms with E-state index in [1.165, 1.54) is 36.9 Å². The highest BCUT2D eigenvalue weighted by Gasteiger charge is 2.57. The zero-order chi connectivity index (χ0) is 25.4. The molecule has 1 aromatic rings. The van der Waals surface area contributed by atoms with Crippen molar-refractivity contribution in [3.63, 3.8) is 0 Å². The van der Waals surface area contributed by atoms with Crippen LogP contribution < -0.4 is 14.4 Å². The lowest BCUT2D eigenvalue weighted by Gasteiger charge is -2.56. The number of rotatable bonds is 8. The van der Waals surface area contributed by atoms with Crippen LogP contribution >= 0.6 is 0 Å². The van der Waals surface area contributed by atoms with Crippen LogP contribution in [-0.4, -0.2) is 32.6 Å². The first-order valence-electron chi connectivity index (χ1n) is 14.7. The van der Waals surface area contributed by atoms with Crippen LogP contribution in [0.2, 0.25) is 0 Å². The Kier molecular flexibility index (Phi) is 7.43. The molecule has 6 unspecified atom stereocenters. The summed E-state index contributed by atoms with van der Waals surface area (Å²) in [6, 6.07) is 6.36. The van der Waals surface area contributed by atoms with E-state index in [1.54, 1.807) is 7.11 Å². The van der Waals surface area contributed by atoms with Crippen molar-refractivity contribution in [1.82, 2.24) is 0 Å². The molecule has 4 heteroatoms. The molecule has 0 heterocycles. The van der Waals surface area contributed by atoms with Gasteiger partial charge in [0.25, 0.3) is 0 Å². The molecule has 7 atom stereocenters. The SMILES string of the molecule is CCN(CC)c1ccc(OCCC2CCC3C4C(CCC23C)C2CCC(=O)C=C2C[C@H]4C)c(OC)c1. The normalized spacial score (nSPS) is 35.4. The summed E-state index contributed by atoms with van der Waals surface area (Å²) in [6.07, 6.45) is 11.6. The van der Waals surface area contributed by atoms with Gasteiger partial charge in [-0.15, -0.1) is 0 Å². The van der Waals surface area contributed by atoms with Crippen molar-refractivity contribution < 1.29 is 14.3 Å². The van der Waals surface area contributed by atoms with Gasteiger partial charge in [0.1, 0.15) is 0 Å². The minimum absolute atomic E-state index is 0.368. The van der Waals surface area contributed by atoms with E-state index in [1.807, 2.05) is 6.08 Å². The van der Waals surface area contributed by atoms with Crippen LogP contribution in [-0.2, 0) is 4.79 Å². The van der Waals surface area contributed by atoms with Gasteiger partial charge in [-0.3, -0.25) is 4.79 Å². The third-order valence-electron chi connectivity index (χ3n) is 10.8. The molecule has 4 aliphatic rings. The highest BCUT2D eigenvalue weighted by Crippen LogP contribution is 2.65. The minimum atomic E-state index is 0.368. The lowest BCUT2D eigenvalue weighted by Crippen LogP contribution is -2.49. The molecule has 0 aromatic heterocycles. The number of hydrogen-bond donors (Lipinski definition) is 0. The van der Waals surface area contributed by atoms with E-state index in [4.69, 9.17) is 9.47 Å². The summed E-state index contributed by atoms with van der Waals surface area (Å²) in [5, 5.41) is 0. The summed E-state index contributed by atoms with van der Waals surface area (Å²) < 4.78 is 12.0. The molecule has 0 N–H and O–H groups in total. The predicted octanol–water partition coefficient (Wildman–Crippen LogP) is 7.31. The zero-order valence-corrected chi connectivity index (χ0v) is 23.2. The van der Waals surface area contributed by atoms with E-state index in [2.05, 4.69) is 50.8 Å². The van der Waals surface area contributed by atoms with Crippen molar-refractivity contribution in [3.8, 4) is 11.5 Å². The van der Waals surface area contributed by atoms with Crippen LogP contribution in [0.1, 0.15) is 79.1 Å². The maximum atomic E-state index is 12.1. The van der Waals surface area contributed by atoms with Crippen LogP contribution in [0.3, 0.4) is 0 Å². The number of nitrogens with zero attached hydrogens (tertiary/aromatic N) is 1. The van der Waals surface area contributed by atoms with Crippen LogP contribution in [0, 0.1) is 40.9 Å². The third kappa shape index (κ3) is 4.47.